The van der Waals surface area contributed by atoms with Crippen LogP contribution in [-0.4, -0.2) is 0 Å². The first kappa shape index (κ1) is 25.2. The monoisotopic (exact) mass is 416 g/mol. The molecule has 0 nitrogen and oxygen atoms in total. The van der Waals surface area contributed by atoms with Gasteiger partial charge in [0.2, 0.25) is 0 Å². The molecule has 0 radical (unpaired) electrons. The van der Waals surface area contributed by atoms with Gasteiger partial charge in [-0.25, -0.2) is 0 Å². The van der Waals surface area contributed by atoms with Crippen LogP contribution in [0.5, 0.6) is 0 Å². The van der Waals surface area contributed by atoms with Gasteiger partial charge in [0.15, 0.2) is 0 Å². The summed E-state index contributed by atoms with van der Waals surface area (Å²) in [4.78, 5) is 0. The van der Waals surface area contributed by atoms with Crippen molar-refractivity contribution in [3.8, 4) is 0 Å². The molecule has 4 aliphatic rings. The first-order valence-corrected chi connectivity index (χ1v) is 12.1. The molecule has 0 fully saturated rings. The van der Waals surface area contributed by atoms with Crippen LogP contribution in [0.25, 0.3) is 0 Å². The molecule has 2 spiro atoms. The standard InChI is InChI=1S/C13H20.2C9H12/c1-5-9-13(10-6-2,11-7-3)12-8-4;2*1-2-6-9(5-1)7-3-4-8-9/h5-8H,1-4,9-12H2;2*1-4H,5-8H2. The van der Waals surface area contributed by atoms with Gasteiger partial charge in [0.25, 0.3) is 0 Å². The van der Waals surface area contributed by atoms with E-state index in [9.17, 15) is 0 Å². The molecule has 4 rings (SSSR count). The van der Waals surface area contributed by atoms with Gasteiger partial charge in [-0.05, 0) is 93.3 Å². The summed E-state index contributed by atoms with van der Waals surface area (Å²) in [6.07, 6.45) is 41.0. The van der Waals surface area contributed by atoms with Gasteiger partial charge in [0.1, 0.15) is 0 Å². The lowest BCUT2D eigenvalue weighted by Gasteiger charge is -2.29. The highest BCUT2D eigenvalue weighted by atomic mass is 14.4. The smallest absolute Gasteiger partial charge is 0.0160 e. The Labute approximate surface area is 192 Å². The Hall–Kier alpha value is -2.08. The number of hydrogen-bond donors (Lipinski definition) is 0. The van der Waals surface area contributed by atoms with E-state index < -0.39 is 0 Å². The highest BCUT2D eigenvalue weighted by molar-refractivity contribution is 5.13. The van der Waals surface area contributed by atoms with Crippen LogP contribution >= 0.6 is 0 Å². The van der Waals surface area contributed by atoms with E-state index in [-0.39, 0.29) is 5.41 Å². The Balaban J connectivity index is 0.000000168. The Morgan fingerprint density at radius 1 is 0.452 bits per heavy atom. The minimum Gasteiger partial charge on any atom is -0.103 e. The van der Waals surface area contributed by atoms with Crippen molar-refractivity contribution in [2.75, 3.05) is 0 Å². The summed E-state index contributed by atoms with van der Waals surface area (Å²) >= 11 is 0. The Bertz CT molecular complexity index is 544. The van der Waals surface area contributed by atoms with Crippen molar-refractivity contribution in [2.24, 2.45) is 16.2 Å². The van der Waals surface area contributed by atoms with Gasteiger partial charge in [-0.3, -0.25) is 0 Å². The van der Waals surface area contributed by atoms with E-state index in [1.807, 2.05) is 24.3 Å². The SMILES string of the molecule is C1=CCC2(C1)CC=CC2.C1=CCC2(C1)CC=CC2.C=CCC(CC=C)(CC=C)CC=C. The molecule has 0 aliphatic heterocycles. The highest BCUT2D eigenvalue weighted by Gasteiger charge is 2.31. The maximum Gasteiger partial charge on any atom is -0.0160 e. The predicted octanol–water partition coefficient (Wildman–Crippen LogP) is 9.62. The summed E-state index contributed by atoms with van der Waals surface area (Å²) < 4.78 is 0. The van der Waals surface area contributed by atoms with Crippen LogP contribution < -0.4 is 0 Å². The molecule has 31 heavy (non-hydrogen) atoms. The zero-order valence-corrected chi connectivity index (χ0v) is 19.7. The third-order valence-electron chi connectivity index (χ3n) is 7.38. The predicted molar refractivity (Wildman–Crippen MR) is 140 cm³/mol. The first-order chi connectivity index (χ1) is 15.1. The lowest BCUT2D eigenvalue weighted by atomic mass is 9.75. The quantitative estimate of drug-likeness (QED) is 0.345. The van der Waals surface area contributed by atoms with E-state index >= 15 is 0 Å². The van der Waals surface area contributed by atoms with Crippen molar-refractivity contribution in [3.05, 3.63) is 99.2 Å². The average Bonchev–Trinajstić information content (AvgIpc) is 3.58. The number of rotatable bonds is 8. The summed E-state index contributed by atoms with van der Waals surface area (Å²) in [6, 6.07) is 0. The normalized spacial score (nSPS) is 20.9. The van der Waals surface area contributed by atoms with Crippen molar-refractivity contribution < 1.29 is 0 Å². The van der Waals surface area contributed by atoms with Crippen molar-refractivity contribution in [3.63, 3.8) is 0 Å². The van der Waals surface area contributed by atoms with Crippen LogP contribution in [0.3, 0.4) is 0 Å². The van der Waals surface area contributed by atoms with Crippen LogP contribution in [0, 0.1) is 16.2 Å². The van der Waals surface area contributed by atoms with Crippen molar-refractivity contribution in [2.45, 2.75) is 77.0 Å². The molecule has 168 valence electrons. The fraction of sp³-hybridized carbons (Fsp3) is 0.484. The zero-order chi connectivity index (χ0) is 22.5. The molecule has 4 aliphatic carbocycles. The van der Waals surface area contributed by atoms with E-state index in [0.717, 1.165) is 25.7 Å². The molecule has 0 saturated carbocycles. The topological polar surface area (TPSA) is 0 Å². The van der Waals surface area contributed by atoms with Gasteiger partial charge < -0.3 is 0 Å². The minimum atomic E-state index is 0.229. The van der Waals surface area contributed by atoms with Gasteiger partial charge in [0.05, 0.1) is 0 Å². The van der Waals surface area contributed by atoms with E-state index in [2.05, 4.69) is 74.9 Å². The second kappa shape index (κ2) is 12.7. The van der Waals surface area contributed by atoms with E-state index in [1.54, 1.807) is 0 Å². The van der Waals surface area contributed by atoms with Gasteiger partial charge in [0, 0.05) is 0 Å². The summed E-state index contributed by atoms with van der Waals surface area (Å²) in [5, 5.41) is 0. The second-order valence-corrected chi connectivity index (χ2v) is 9.99. The van der Waals surface area contributed by atoms with Crippen LogP contribution in [0.2, 0.25) is 0 Å². The molecule has 0 aromatic rings. The number of hydrogen-bond acceptors (Lipinski definition) is 0. The lowest BCUT2D eigenvalue weighted by molar-refractivity contribution is 0.302. The molecule has 0 saturated heterocycles. The summed E-state index contributed by atoms with van der Waals surface area (Å²) in [6.45, 7) is 15.2. The van der Waals surface area contributed by atoms with E-state index in [1.165, 1.54) is 51.4 Å². The molecule has 0 amide bonds. The molecule has 0 heterocycles. The highest BCUT2D eigenvalue weighted by Crippen LogP contribution is 2.44. The van der Waals surface area contributed by atoms with Crippen molar-refractivity contribution in [1.82, 2.24) is 0 Å². The maximum atomic E-state index is 3.79. The molecular formula is C31H44. The van der Waals surface area contributed by atoms with Crippen molar-refractivity contribution >= 4 is 0 Å². The molecule has 0 bridgehead atoms. The Morgan fingerprint density at radius 2 is 0.645 bits per heavy atom. The third kappa shape index (κ3) is 7.53. The molecule has 0 N–H and O–H groups in total. The lowest BCUT2D eigenvalue weighted by Crippen LogP contribution is -2.17. The zero-order valence-electron chi connectivity index (χ0n) is 19.7. The molecular weight excluding hydrogens is 372 g/mol. The minimum absolute atomic E-state index is 0.229. The van der Waals surface area contributed by atoms with Crippen molar-refractivity contribution in [1.29, 1.82) is 0 Å². The second-order valence-electron chi connectivity index (χ2n) is 9.99. The fourth-order valence-electron chi connectivity index (χ4n) is 5.39. The van der Waals surface area contributed by atoms with E-state index in [4.69, 9.17) is 0 Å². The molecule has 0 unspecified atom stereocenters. The maximum absolute atomic E-state index is 3.79. The molecule has 0 aromatic carbocycles. The van der Waals surface area contributed by atoms with Gasteiger partial charge in [-0.15, -0.1) is 26.3 Å². The molecule has 0 heteroatoms. The Kier molecular flexibility index (Phi) is 10.3. The van der Waals surface area contributed by atoms with Crippen LogP contribution in [0.1, 0.15) is 77.0 Å². The Morgan fingerprint density at radius 3 is 0.806 bits per heavy atom. The van der Waals surface area contributed by atoms with Crippen LogP contribution in [-0.2, 0) is 0 Å². The van der Waals surface area contributed by atoms with Gasteiger partial charge in [-0.2, -0.15) is 0 Å². The number of allylic oxidation sites excluding steroid dienone is 12. The summed E-state index contributed by atoms with van der Waals surface area (Å²) in [5.41, 5.74) is 1.56. The average molecular weight is 417 g/mol. The summed E-state index contributed by atoms with van der Waals surface area (Å²) in [5.74, 6) is 0. The molecule has 0 atom stereocenters. The van der Waals surface area contributed by atoms with Gasteiger partial charge in [-0.1, -0.05) is 72.9 Å². The van der Waals surface area contributed by atoms with Gasteiger partial charge >= 0.3 is 0 Å². The first-order valence-electron chi connectivity index (χ1n) is 12.1. The summed E-state index contributed by atoms with van der Waals surface area (Å²) in [7, 11) is 0. The third-order valence-corrected chi connectivity index (χ3v) is 7.38. The van der Waals surface area contributed by atoms with E-state index in [0.29, 0.717) is 10.8 Å². The van der Waals surface area contributed by atoms with Crippen LogP contribution in [0.4, 0.5) is 0 Å². The molecule has 0 aromatic heterocycles. The fourth-order valence-corrected chi connectivity index (χ4v) is 5.39. The largest absolute Gasteiger partial charge is 0.103 e. The van der Waals surface area contributed by atoms with Crippen LogP contribution in [0.15, 0.2) is 99.2 Å².